The summed E-state index contributed by atoms with van der Waals surface area (Å²) in [5.41, 5.74) is 5.52. The number of ether oxygens (including phenoxy) is 1. The van der Waals surface area contributed by atoms with Crippen molar-refractivity contribution in [2.24, 2.45) is 0 Å². The van der Waals surface area contributed by atoms with E-state index in [1.54, 1.807) is 24.0 Å². The van der Waals surface area contributed by atoms with Gasteiger partial charge in [0, 0.05) is 23.6 Å². The van der Waals surface area contributed by atoms with E-state index in [4.69, 9.17) is 4.74 Å². The molecule has 0 fully saturated rings. The normalized spacial score (nSPS) is 10.9. The number of nitrogens with zero attached hydrogens (tertiary/aromatic N) is 3. The zero-order valence-corrected chi connectivity index (χ0v) is 17.9. The van der Waals surface area contributed by atoms with Gasteiger partial charge in [0.1, 0.15) is 10.8 Å². The summed E-state index contributed by atoms with van der Waals surface area (Å²) < 4.78 is 7.24. The van der Waals surface area contributed by atoms with Crippen molar-refractivity contribution >= 4 is 28.9 Å². The monoisotopic (exact) mass is 418 g/mol. The molecule has 2 aromatic carbocycles. The highest BCUT2D eigenvalue weighted by atomic mass is 32.2. The minimum atomic E-state index is -0.0642. The second kappa shape index (κ2) is 8.59. The van der Waals surface area contributed by atoms with Gasteiger partial charge in [-0.05, 0) is 43.2 Å². The lowest BCUT2D eigenvalue weighted by molar-refractivity contribution is -0.113. The summed E-state index contributed by atoms with van der Waals surface area (Å²) in [7, 11) is 1.65. The van der Waals surface area contributed by atoms with Gasteiger partial charge in [0.2, 0.25) is 5.91 Å². The predicted molar refractivity (Wildman–Crippen MR) is 120 cm³/mol. The number of amides is 1. The van der Waals surface area contributed by atoms with Gasteiger partial charge in [0.05, 0.1) is 24.1 Å². The van der Waals surface area contributed by atoms with Crippen molar-refractivity contribution in [3.63, 3.8) is 0 Å². The van der Waals surface area contributed by atoms with E-state index in [2.05, 4.69) is 15.4 Å². The molecule has 0 aliphatic heterocycles. The van der Waals surface area contributed by atoms with Gasteiger partial charge in [-0.2, -0.15) is 5.10 Å². The van der Waals surface area contributed by atoms with E-state index in [0.717, 1.165) is 44.4 Å². The summed E-state index contributed by atoms with van der Waals surface area (Å²) in [5.74, 6) is 0.956. The number of rotatable bonds is 6. The number of fused-ring (bicyclic) bond motifs is 1. The molecule has 7 heteroatoms. The molecule has 4 aromatic rings. The number of hydrogen-bond acceptors (Lipinski definition) is 5. The van der Waals surface area contributed by atoms with Crippen molar-refractivity contribution in [3.8, 4) is 17.0 Å². The van der Waals surface area contributed by atoms with Crippen molar-refractivity contribution in [2.45, 2.75) is 18.9 Å². The Hall–Kier alpha value is -3.32. The molecule has 0 spiro atoms. The van der Waals surface area contributed by atoms with E-state index >= 15 is 0 Å². The summed E-state index contributed by atoms with van der Waals surface area (Å²) in [5, 5.41) is 8.42. The van der Waals surface area contributed by atoms with Crippen LogP contribution in [0.25, 0.3) is 16.8 Å². The van der Waals surface area contributed by atoms with E-state index in [-0.39, 0.29) is 11.7 Å². The molecule has 6 nitrogen and oxygen atoms in total. The number of benzene rings is 2. The van der Waals surface area contributed by atoms with Crippen LogP contribution in [0.15, 0.2) is 66.0 Å². The summed E-state index contributed by atoms with van der Waals surface area (Å²) in [6.45, 7) is 3.98. The van der Waals surface area contributed by atoms with Crippen LogP contribution in [0.2, 0.25) is 0 Å². The Morgan fingerprint density at radius 3 is 2.67 bits per heavy atom. The highest BCUT2D eigenvalue weighted by molar-refractivity contribution is 8.00. The first-order valence-corrected chi connectivity index (χ1v) is 10.5. The molecule has 2 heterocycles. The second-order valence-electron chi connectivity index (χ2n) is 6.90. The second-order valence-corrected chi connectivity index (χ2v) is 7.86. The SMILES string of the molecule is COc1ccccc1-c1cc2c(SCC(=O)Nc3c(C)cccc3C)nccn2n1. The van der Waals surface area contributed by atoms with Crippen LogP contribution in [0.5, 0.6) is 5.75 Å². The maximum Gasteiger partial charge on any atom is 0.234 e. The Balaban J connectivity index is 1.55. The Morgan fingerprint density at radius 2 is 1.90 bits per heavy atom. The van der Waals surface area contributed by atoms with Gasteiger partial charge in [0.15, 0.2) is 0 Å². The number of carbonyl (C=O) groups excluding carboxylic acids is 1. The number of thioether (sulfide) groups is 1. The molecule has 0 saturated carbocycles. The Kier molecular flexibility index (Phi) is 5.72. The van der Waals surface area contributed by atoms with E-state index < -0.39 is 0 Å². The summed E-state index contributed by atoms with van der Waals surface area (Å²) in [6.07, 6.45) is 3.49. The van der Waals surface area contributed by atoms with Crippen molar-refractivity contribution in [1.82, 2.24) is 14.6 Å². The third-order valence-corrected chi connectivity index (χ3v) is 5.82. The lowest BCUT2D eigenvalue weighted by Gasteiger charge is -2.11. The number of carbonyl (C=O) groups is 1. The van der Waals surface area contributed by atoms with Crippen molar-refractivity contribution < 1.29 is 9.53 Å². The third kappa shape index (κ3) is 4.02. The van der Waals surface area contributed by atoms with Gasteiger partial charge < -0.3 is 10.1 Å². The fourth-order valence-corrected chi connectivity index (χ4v) is 4.09. The molecule has 0 unspecified atom stereocenters. The molecule has 0 atom stereocenters. The van der Waals surface area contributed by atoms with Crippen molar-refractivity contribution in [1.29, 1.82) is 0 Å². The van der Waals surface area contributed by atoms with E-state index in [9.17, 15) is 4.79 Å². The third-order valence-electron chi connectivity index (χ3n) is 4.82. The maximum absolute atomic E-state index is 12.5. The molecule has 0 bridgehead atoms. The van der Waals surface area contributed by atoms with E-state index in [1.807, 2.05) is 62.4 Å². The molecule has 0 radical (unpaired) electrons. The van der Waals surface area contributed by atoms with Crippen LogP contribution < -0.4 is 10.1 Å². The van der Waals surface area contributed by atoms with Crippen LogP contribution in [-0.4, -0.2) is 33.4 Å². The van der Waals surface area contributed by atoms with Crippen LogP contribution in [0.1, 0.15) is 11.1 Å². The molecule has 0 aliphatic rings. The zero-order chi connectivity index (χ0) is 21.1. The molecule has 0 aliphatic carbocycles. The minimum Gasteiger partial charge on any atom is -0.496 e. The summed E-state index contributed by atoms with van der Waals surface area (Å²) >= 11 is 1.39. The van der Waals surface area contributed by atoms with Gasteiger partial charge >= 0.3 is 0 Å². The Bertz CT molecular complexity index is 1200. The molecule has 2 aromatic heterocycles. The van der Waals surface area contributed by atoms with Crippen LogP contribution in [-0.2, 0) is 4.79 Å². The van der Waals surface area contributed by atoms with Crippen LogP contribution in [0, 0.1) is 13.8 Å². The topological polar surface area (TPSA) is 68.5 Å². The van der Waals surface area contributed by atoms with E-state index in [0.29, 0.717) is 0 Å². The highest BCUT2D eigenvalue weighted by Crippen LogP contribution is 2.31. The number of para-hydroxylation sites is 2. The molecular formula is C23H22N4O2S. The fourth-order valence-electron chi connectivity index (χ4n) is 3.32. The first-order chi connectivity index (χ1) is 14.6. The minimum absolute atomic E-state index is 0.0642. The number of aromatic nitrogens is 3. The van der Waals surface area contributed by atoms with Crippen LogP contribution in [0.3, 0.4) is 0 Å². The van der Waals surface area contributed by atoms with Gasteiger partial charge in [-0.25, -0.2) is 9.50 Å². The predicted octanol–water partition coefficient (Wildman–Crippen LogP) is 4.75. The Morgan fingerprint density at radius 1 is 1.13 bits per heavy atom. The van der Waals surface area contributed by atoms with Crippen LogP contribution in [0.4, 0.5) is 5.69 Å². The number of anilines is 1. The molecular weight excluding hydrogens is 396 g/mol. The van der Waals surface area contributed by atoms with Crippen molar-refractivity contribution in [2.75, 3.05) is 18.2 Å². The maximum atomic E-state index is 12.5. The first kappa shape index (κ1) is 20.0. The first-order valence-electron chi connectivity index (χ1n) is 9.53. The number of aryl methyl sites for hydroxylation is 2. The lowest BCUT2D eigenvalue weighted by atomic mass is 10.1. The van der Waals surface area contributed by atoms with Gasteiger partial charge in [0.25, 0.3) is 0 Å². The standard InChI is InChI=1S/C23H22N4O2S/c1-15-7-6-8-16(2)22(15)25-21(28)14-30-23-19-13-18(26-27(19)12-11-24-23)17-9-4-5-10-20(17)29-3/h4-13H,14H2,1-3H3,(H,25,28). The van der Waals surface area contributed by atoms with Gasteiger partial charge in [-0.1, -0.05) is 42.1 Å². The molecule has 30 heavy (non-hydrogen) atoms. The zero-order valence-electron chi connectivity index (χ0n) is 17.0. The van der Waals surface area contributed by atoms with Crippen molar-refractivity contribution in [3.05, 3.63) is 72.1 Å². The molecule has 152 valence electrons. The smallest absolute Gasteiger partial charge is 0.234 e. The molecule has 0 saturated heterocycles. The quantitative estimate of drug-likeness (QED) is 0.458. The lowest BCUT2D eigenvalue weighted by Crippen LogP contribution is -2.15. The highest BCUT2D eigenvalue weighted by Gasteiger charge is 2.14. The summed E-state index contributed by atoms with van der Waals surface area (Å²) in [4.78, 5) is 17.0. The molecule has 4 rings (SSSR count). The summed E-state index contributed by atoms with van der Waals surface area (Å²) in [6, 6.07) is 15.7. The molecule has 1 amide bonds. The number of nitrogens with one attached hydrogen (secondary N) is 1. The Labute approximate surface area is 179 Å². The molecule has 1 N–H and O–H groups in total. The average molecular weight is 419 g/mol. The van der Waals surface area contributed by atoms with E-state index in [1.165, 1.54) is 11.8 Å². The number of hydrogen-bond donors (Lipinski definition) is 1. The van der Waals surface area contributed by atoms with Crippen LogP contribution >= 0.6 is 11.8 Å². The fraction of sp³-hybridized carbons (Fsp3) is 0.174. The number of methoxy groups -OCH3 is 1. The largest absolute Gasteiger partial charge is 0.496 e. The average Bonchev–Trinajstić information content (AvgIpc) is 3.19. The van der Waals surface area contributed by atoms with Gasteiger partial charge in [-0.15, -0.1) is 0 Å². The van der Waals surface area contributed by atoms with Gasteiger partial charge in [-0.3, -0.25) is 4.79 Å².